The van der Waals surface area contributed by atoms with Crippen LogP contribution >= 0.6 is 0 Å². The topological polar surface area (TPSA) is 49.5 Å². The molecular formula is C5H7N2O2+. The molecule has 9 heavy (non-hydrogen) atoms. The van der Waals surface area contributed by atoms with Gasteiger partial charge in [-0.1, -0.05) is 9.90 Å². The highest BCUT2D eigenvalue weighted by Gasteiger charge is 2.28. The van der Waals surface area contributed by atoms with Gasteiger partial charge in [-0.3, -0.25) is 4.79 Å². The van der Waals surface area contributed by atoms with Crippen LogP contribution in [0.3, 0.4) is 0 Å². The van der Waals surface area contributed by atoms with Crippen molar-refractivity contribution in [2.75, 3.05) is 6.54 Å². The van der Waals surface area contributed by atoms with Crippen LogP contribution < -0.4 is 0 Å². The molecule has 0 N–H and O–H groups in total. The molecule has 1 aliphatic heterocycles. The molecule has 4 nitrogen and oxygen atoms in total. The Kier molecular flexibility index (Phi) is 1.38. The summed E-state index contributed by atoms with van der Waals surface area (Å²) in [6.07, 6.45) is 1.14. The molecule has 1 heterocycles. The zero-order valence-corrected chi connectivity index (χ0v) is 5.07. The van der Waals surface area contributed by atoms with Gasteiger partial charge >= 0.3 is 6.34 Å². The molecule has 0 amide bonds. The number of Topliss-reactive ketones (excluding diaryl/α,β-unsaturated/α-hetero) is 1. The molecule has 0 aromatic rings. The number of rotatable bonds is 1. The van der Waals surface area contributed by atoms with Crippen LogP contribution in [0.15, 0.2) is 4.99 Å². The zero-order chi connectivity index (χ0) is 6.85. The van der Waals surface area contributed by atoms with Crippen molar-refractivity contribution in [1.29, 1.82) is 0 Å². The summed E-state index contributed by atoms with van der Waals surface area (Å²) < 4.78 is 0.659. The van der Waals surface area contributed by atoms with Crippen molar-refractivity contribution in [3.05, 3.63) is 4.91 Å². The maximum atomic E-state index is 10.5. The van der Waals surface area contributed by atoms with Gasteiger partial charge in [0.2, 0.25) is 6.04 Å². The second kappa shape index (κ2) is 2.05. The van der Waals surface area contributed by atoms with E-state index in [-0.39, 0.29) is 12.3 Å². The van der Waals surface area contributed by atoms with Crippen LogP contribution in [-0.4, -0.2) is 29.5 Å². The van der Waals surface area contributed by atoms with E-state index >= 15 is 0 Å². The Morgan fingerprint density at radius 1 is 1.89 bits per heavy atom. The van der Waals surface area contributed by atoms with Crippen molar-refractivity contribution >= 4 is 12.1 Å². The zero-order valence-electron chi connectivity index (χ0n) is 5.07. The first-order valence-corrected chi connectivity index (χ1v) is 2.67. The third-order valence-corrected chi connectivity index (χ3v) is 1.20. The lowest BCUT2D eigenvalue weighted by molar-refractivity contribution is -0.411. The minimum Gasteiger partial charge on any atom is -0.295 e. The summed E-state index contributed by atoms with van der Waals surface area (Å²) in [6, 6.07) is -0.414. The molecule has 0 aromatic heterocycles. The van der Waals surface area contributed by atoms with Gasteiger partial charge in [-0.15, -0.1) is 0 Å². The van der Waals surface area contributed by atoms with Crippen molar-refractivity contribution in [3.63, 3.8) is 0 Å². The molecule has 1 unspecified atom stereocenters. The predicted molar refractivity (Wildman–Crippen MR) is 31.5 cm³/mol. The van der Waals surface area contributed by atoms with Crippen molar-refractivity contribution in [2.24, 2.45) is 4.99 Å². The second-order valence-corrected chi connectivity index (χ2v) is 1.99. The van der Waals surface area contributed by atoms with Crippen molar-refractivity contribution in [1.82, 2.24) is 0 Å². The maximum Gasteiger partial charge on any atom is 0.319 e. The maximum absolute atomic E-state index is 10.5. The Morgan fingerprint density at radius 3 is 2.78 bits per heavy atom. The Labute approximate surface area is 52.2 Å². The van der Waals surface area contributed by atoms with Crippen molar-refractivity contribution < 1.29 is 9.55 Å². The minimum atomic E-state index is -0.414. The highest BCUT2D eigenvalue weighted by atomic mass is 16.3. The van der Waals surface area contributed by atoms with Crippen molar-refractivity contribution in [2.45, 2.75) is 13.0 Å². The summed E-state index contributed by atoms with van der Waals surface area (Å²) >= 11 is 0. The lowest BCUT2D eigenvalue weighted by atomic mass is 10.2. The first-order chi connectivity index (χ1) is 4.20. The Balaban J connectivity index is 2.60. The fraction of sp³-hybridized carbons (Fsp3) is 0.600. The molecule has 4 heteroatoms. The van der Waals surface area contributed by atoms with E-state index in [9.17, 15) is 9.70 Å². The average Bonchev–Trinajstić information content (AvgIpc) is 2.14. The summed E-state index contributed by atoms with van der Waals surface area (Å²) in [5, 5.41) is 0. The first kappa shape index (κ1) is 6.07. The number of hydrogen-bond acceptors (Lipinski definition) is 3. The summed E-state index contributed by atoms with van der Waals surface area (Å²) in [4.78, 5) is 24.5. The van der Waals surface area contributed by atoms with E-state index in [0.29, 0.717) is 4.76 Å². The quantitative estimate of drug-likeness (QED) is 0.456. The molecule has 0 saturated carbocycles. The summed E-state index contributed by atoms with van der Waals surface area (Å²) in [7, 11) is 0. The highest BCUT2D eigenvalue weighted by molar-refractivity contribution is 5.83. The lowest BCUT2D eigenvalue weighted by Gasteiger charge is -1.87. The van der Waals surface area contributed by atoms with Gasteiger partial charge < -0.3 is 0 Å². The molecule has 48 valence electrons. The monoisotopic (exact) mass is 127 g/mol. The molecule has 1 aliphatic rings. The summed E-state index contributed by atoms with van der Waals surface area (Å²) in [6.45, 7) is 1.62. The molecule has 0 bridgehead atoms. The van der Waals surface area contributed by atoms with E-state index in [4.69, 9.17) is 0 Å². The largest absolute Gasteiger partial charge is 0.319 e. The first-order valence-electron chi connectivity index (χ1n) is 2.67. The van der Waals surface area contributed by atoms with Crippen LogP contribution in [0.5, 0.6) is 0 Å². The lowest BCUT2D eigenvalue weighted by Crippen LogP contribution is -2.19. The molecule has 0 aliphatic carbocycles. The molecule has 0 saturated heterocycles. The molecule has 0 spiro atoms. The number of hydrogen-bond donors (Lipinski definition) is 0. The summed E-state index contributed by atoms with van der Waals surface area (Å²) in [5.41, 5.74) is 0. The third kappa shape index (κ3) is 1.19. The van der Waals surface area contributed by atoms with E-state index in [1.54, 1.807) is 0 Å². The Morgan fingerprint density at radius 2 is 2.56 bits per heavy atom. The Bertz CT molecular complexity index is 185. The van der Waals surface area contributed by atoms with E-state index in [0.717, 1.165) is 6.34 Å². The Hall–Kier alpha value is -1.06. The van der Waals surface area contributed by atoms with Gasteiger partial charge in [0.1, 0.15) is 0 Å². The van der Waals surface area contributed by atoms with Crippen LogP contribution in [-0.2, 0) is 4.79 Å². The number of aliphatic imine (C=N–C) groups is 1. The van der Waals surface area contributed by atoms with E-state index in [2.05, 4.69) is 4.99 Å². The van der Waals surface area contributed by atoms with Crippen LogP contribution in [0.2, 0.25) is 0 Å². The van der Waals surface area contributed by atoms with Gasteiger partial charge in [0, 0.05) is 0 Å². The number of nitroso groups, excluding NO2 is 1. The summed E-state index contributed by atoms with van der Waals surface area (Å²) in [5.74, 6) is -0.0513. The fourth-order valence-corrected chi connectivity index (χ4v) is 0.653. The SMILES string of the molecule is CC(=O)C1C[N+](=O)C=N1. The second-order valence-electron chi connectivity index (χ2n) is 1.99. The number of ketones is 1. The van der Waals surface area contributed by atoms with Gasteiger partial charge in [-0.25, -0.2) is 0 Å². The van der Waals surface area contributed by atoms with Crippen LogP contribution in [0.1, 0.15) is 6.92 Å². The fourth-order valence-electron chi connectivity index (χ4n) is 0.653. The number of carbonyl (C=O) groups excluding carboxylic acids is 1. The van der Waals surface area contributed by atoms with Crippen molar-refractivity contribution in [3.8, 4) is 0 Å². The smallest absolute Gasteiger partial charge is 0.295 e. The van der Waals surface area contributed by atoms with E-state index in [1.807, 2.05) is 0 Å². The normalized spacial score (nSPS) is 25.0. The van der Waals surface area contributed by atoms with Crippen LogP contribution in [0.4, 0.5) is 0 Å². The highest BCUT2D eigenvalue weighted by Crippen LogP contribution is 1.98. The van der Waals surface area contributed by atoms with Crippen LogP contribution in [0.25, 0.3) is 0 Å². The molecule has 0 aromatic carbocycles. The van der Waals surface area contributed by atoms with Gasteiger partial charge in [0.25, 0.3) is 0 Å². The molecule has 0 fully saturated rings. The minimum absolute atomic E-state index is 0.0513. The van der Waals surface area contributed by atoms with Crippen LogP contribution in [0, 0.1) is 4.91 Å². The van der Waals surface area contributed by atoms with Gasteiger partial charge in [-0.2, -0.15) is 0 Å². The third-order valence-electron chi connectivity index (χ3n) is 1.20. The average molecular weight is 127 g/mol. The molecule has 1 atom stereocenters. The van der Waals surface area contributed by atoms with E-state index in [1.165, 1.54) is 6.92 Å². The van der Waals surface area contributed by atoms with Gasteiger partial charge in [0.05, 0.1) is 0 Å². The van der Waals surface area contributed by atoms with E-state index < -0.39 is 6.04 Å². The molecule has 0 radical (unpaired) electrons. The number of nitrogens with zero attached hydrogens (tertiary/aromatic N) is 2. The van der Waals surface area contributed by atoms with Gasteiger partial charge in [-0.05, 0) is 11.7 Å². The predicted octanol–water partition coefficient (Wildman–Crippen LogP) is -0.235. The standard InChI is InChI=1S/C5H7N2O2/c1-4(8)5-2-7(9)3-6-5/h3,5H,2H2,1H3/q+1. The number of carbonyl (C=O) groups is 1. The molecule has 1 rings (SSSR count). The molecular weight excluding hydrogens is 120 g/mol. The van der Waals surface area contributed by atoms with Gasteiger partial charge in [0.15, 0.2) is 12.3 Å².